The second-order valence-electron chi connectivity index (χ2n) is 6.70. The molecule has 31 heavy (non-hydrogen) atoms. The average molecular weight is 479 g/mol. The lowest BCUT2D eigenvalue weighted by Gasteiger charge is -2.39. The van der Waals surface area contributed by atoms with Crippen molar-refractivity contribution in [2.75, 3.05) is 13.7 Å². The van der Waals surface area contributed by atoms with Crippen LogP contribution in [0.3, 0.4) is 0 Å². The first-order chi connectivity index (χ1) is 14.6. The van der Waals surface area contributed by atoms with Crippen LogP contribution in [0.2, 0.25) is 0 Å². The summed E-state index contributed by atoms with van der Waals surface area (Å²) in [5, 5.41) is 43.5. The minimum absolute atomic E-state index is 0.0347. The lowest BCUT2D eigenvalue weighted by Crippen LogP contribution is -2.57. The largest absolute Gasteiger partial charge is 0.496 e. The van der Waals surface area contributed by atoms with Crippen LogP contribution in [0.25, 0.3) is 10.9 Å². The maximum atomic E-state index is 11.0. The molecule has 0 radical (unpaired) electrons. The van der Waals surface area contributed by atoms with Crippen LogP contribution in [0.15, 0.2) is 29.4 Å². The van der Waals surface area contributed by atoms with Gasteiger partial charge in [-0.3, -0.25) is 4.55 Å². The van der Waals surface area contributed by atoms with E-state index in [4.69, 9.17) is 14.0 Å². The summed E-state index contributed by atoms with van der Waals surface area (Å²) >= 11 is 0.698. The maximum Gasteiger partial charge on any atom is 0.466 e. The number of aliphatic hydroxyl groups is 4. The van der Waals surface area contributed by atoms with Gasteiger partial charge in [0.2, 0.25) is 0 Å². The van der Waals surface area contributed by atoms with Gasteiger partial charge >= 0.3 is 10.4 Å². The van der Waals surface area contributed by atoms with E-state index in [9.17, 15) is 28.8 Å². The Morgan fingerprint density at radius 3 is 2.65 bits per heavy atom. The zero-order valence-electron chi connectivity index (χ0n) is 16.2. The molecule has 5 atom stereocenters. The van der Waals surface area contributed by atoms with Gasteiger partial charge < -0.3 is 34.9 Å². The molecule has 6 N–H and O–H groups in total. The molecule has 0 spiro atoms. The van der Waals surface area contributed by atoms with E-state index in [0.717, 1.165) is 10.9 Å². The van der Waals surface area contributed by atoms with Crippen molar-refractivity contribution in [1.29, 1.82) is 0 Å². The number of thioether (sulfide) groups is 1. The second kappa shape index (κ2) is 9.70. The monoisotopic (exact) mass is 478 g/mol. The summed E-state index contributed by atoms with van der Waals surface area (Å²) in [6.45, 7) is -0.627. The van der Waals surface area contributed by atoms with Crippen molar-refractivity contribution >= 4 is 38.1 Å². The Bertz CT molecular complexity index is 1040. The first kappa shape index (κ1) is 23.7. The fourth-order valence-corrected chi connectivity index (χ4v) is 4.42. The van der Waals surface area contributed by atoms with Crippen molar-refractivity contribution in [3.63, 3.8) is 0 Å². The number of nitrogens with zero attached hydrogens (tertiary/aromatic N) is 1. The Morgan fingerprint density at radius 2 is 2.00 bits per heavy atom. The summed E-state index contributed by atoms with van der Waals surface area (Å²) in [4.78, 5) is 3.11. The zero-order chi connectivity index (χ0) is 22.8. The number of benzene rings is 1. The predicted molar refractivity (Wildman–Crippen MR) is 110 cm³/mol. The molecule has 1 saturated heterocycles. The van der Waals surface area contributed by atoms with Gasteiger partial charge in [-0.25, -0.2) is 4.28 Å². The van der Waals surface area contributed by atoms with Gasteiger partial charge in [0.1, 0.15) is 40.6 Å². The first-order valence-electron chi connectivity index (χ1n) is 8.97. The molecule has 3 rings (SSSR count). The SMILES string of the molecule is COc1cccc2[nH]c(CC(=NOS(=O)(=O)O)SC3OC(CO)C(O)C(O)C3O)cc12. The van der Waals surface area contributed by atoms with Crippen molar-refractivity contribution in [2.45, 2.75) is 36.3 Å². The molecule has 0 aliphatic carbocycles. The Labute approximate surface area is 181 Å². The van der Waals surface area contributed by atoms with Gasteiger partial charge in [-0.15, -0.1) is 0 Å². The number of ether oxygens (including phenoxy) is 2. The third-order valence-electron chi connectivity index (χ3n) is 4.58. The molecule has 1 aromatic carbocycles. The maximum absolute atomic E-state index is 11.0. The van der Waals surface area contributed by atoms with Crippen LogP contribution in [0.1, 0.15) is 5.69 Å². The number of H-pyrrole nitrogens is 1. The third kappa shape index (κ3) is 5.67. The number of hydrogen-bond acceptors (Lipinski definition) is 11. The van der Waals surface area contributed by atoms with E-state index >= 15 is 0 Å². The van der Waals surface area contributed by atoms with Crippen LogP contribution >= 0.6 is 11.8 Å². The van der Waals surface area contributed by atoms with E-state index in [1.54, 1.807) is 24.3 Å². The number of oxime groups is 1. The minimum Gasteiger partial charge on any atom is -0.496 e. The number of aromatic amines is 1. The van der Waals surface area contributed by atoms with Crippen LogP contribution < -0.4 is 4.74 Å². The van der Waals surface area contributed by atoms with Crippen molar-refractivity contribution in [1.82, 2.24) is 4.98 Å². The van der Waals surface area contributed by atoms with E-state index in [1.807, 2.05) is 0 Å². The summed E-state index contributed by atoms with van der Waals surface area (Å²) in [6, 6.07) is 7.09. The molecule has 1 aliphatic rings. The molecule has 5 unspecified atom stereocenters. The molecule has 0 bridgehead atoms. The Morgan fingerprint density at radius 1 is 1.26 bits per heavy atom. The van der Waals surface area contributed by atoms with Gasteiger partial charge in [-0.2, -0.15) is 8.42 Å². The molecule has 2 heterocycles. The second-order valence-corrected chi connectivity index (χ2v) is 8.87. The van der Waals surface area contributed by atoms with Crippen LogP contribution in [0.5, 0.6) is 5.75 Å². The van der Waals surface area contributed by atoms with Gasteiger partial charge in [0.25, 0.3) is 0 Å². The number of fused-ring (bicyclic) bond motifs is 1. The number of aromatic nitrogens is 1. The Hall–Kier alpha value is -1.91. The lowest BCUT2D eigenvalue weighted by molar-refractivity contribution is -0.205. The van der Waals surface area contributed by atoms with Gasteiger partial charge in [-0.1, -0.05) is 23.0 Å². The number of nitrogens with one attached hydrogen (secondary N) is 1. The predicted octanol–water partition coefficient (Wildman–Crippen LogP) is -0.615. The van der Waals surface area contributed by atoms with Crippen molar-refractivity contribution in [3.05, 3.63) is 30.0 Å². The molecule has 12 nitrogen and oxygen atoms in total. The number of rotatable bonds is 7. The average Bonchev–Trinajstić information content (AvgIpc) is 3.14. The van der Waals surface area contributed by atoms with Crippen LogP contribution in [0.4, 0.5) is 0 Å². The van der Waals surface area contributed by atoms with E-state index in [1.165, 1.54) is 7.11 Å². The summed E-state index contributed by atoms with van der Waals surface area (Å²) in [7, 11) is -3.38. The fraction of sp³-hybridized carbons (Fsp3) is 0.471. The van der Waals surface area contributed by atoms with Gasteiger partial charge in [-0.05, 0) is 18.2 Å². The topological polar surface area (TPSA) is 191 Å². The summed E-state index contributed by atoms with van der Waals surface area (Å²) in [6.07, 6.45) is -5.94. The van der Waals surface area contributed by atoms with Crippen LogP contribution in [-0.4, -0.2) is 87.0 Å². The molecule has 172 valence electrons. The van der Waals surface area contributed by atoms with Crippen molar-refractivity contribution < 1.29 is 47.2 Å². The van der Waals surface area contributed by atoms with Crippen molar-refractivity contribution in [2.24, 2.45) is 5.16 Å². The highest BCUT2D eigenvalue weighted by molar-refractivity contribution is 8.14. The standard InChI is InChI=1S/C17H22N2O10S2/c1-27-11-4-2-3-10-9(11)5-8(18-10)6-13(19-29-31(24,25)26)30-17-16(23)15(22)14(21)12(7-20)28-17/h2-5,12,14-18,20-23H,6-7H2,1H3,(H,24,25,26). The smallest absolute Gasteiger partial charge is 0.466 e. The van der Waals surface area contributed by atoms with E-state index in [0.29, 0.717) is 23.2 Å². The molecular formula is C17H22N2O10S2. The van der Waals surface area contributed by atoms with Crippen LogP contribution in [0, 0.1) is 0 Å². The molecular weight excluding hydrogens is 456 g/mol. The summed E-state index contributed by atoms with van der Waals surface area (Å²) in [5.74, 6) is 0.606. The van der Waals surface area contributed by atoms with Crippen molar-refractivity contribution in [3.8, 4) is 5.75 Å². The molecule has 1 fully saturated rings. The number of aliphatic hydroxyl groups excluding tert-OH is 4. The zero-order valence-corrected chi connectivity index (χ0v) is 17.8. The van der Waals surface area contributed by atoms with Gasteiger partial charge in [0.15, 0.2) is 0 Å². The Kier molecular flexibility index (Phi) is 7.43. The van der Waals surface area contributed by atoms with E-state index in [2.05, 4.69) is 14.4 Å². The number of hydrogen-bond donors (Lipinski definition) is 6. The van der Waals surface area contributed by atoms with Crippen LogP contribution in [-0.2, 0) is 25.8 Å². The molecule has 1 aromatic heterocycles. The molecule has 1 aliphatic heterocycles. The molecule has 2 aromatic rings. The normalized spacial score (nSPS) is 27.4. The lowest BCUT2D eigenvalue weighted by atomic mass is 10.0. The summed E-state index contributed by atoms with van der Waals surface area (Å²) < 4.78 is 45.6. The highest BCUT2D eigenvalue weighted by Gasteiger charge is 2.44. The highest BCUT2D eigenvalue weighted by Crippen LogP contribution is 2.31. The highest BCUT2D eigenvalue weighted by atomic mass is 32.3. The molecule has 0 saturated carbocycles. The quantitative estimate of drug-likeness (QED) is 0.129. The van der Waals surface area contributed by atoms with E-state index in [-0.39, 0.29) is 11.5 Å². The third-order valence-corrected chi connectivity index (χ3v) is 5.95. The molecule has 0 amide bonds. The Balaban J connectivity index is 1.87. The van der Waals surface area contributed by atoms with Gasteiger partial charge in [0.05, 0.1) is 13.7 Å². The first-order valence-corrected chi connectivity index (χ1v) is 11.2. The minimum atomic E-state index is -4.90. The number of methoxy groups -OCH3 is 1. The summed E-state index contributed by atoms with van der Waals surface area (Å²) in [5.41, 5.74) is 0.0785. The van der Waals surface area contributed by atoms with E-state index < -0.39 is 46.9 Å². The molecule has 14 heteroatoms. The van der Waals surface area contributed by atoms with Gasteiger partial charge in [0, 0.05) is 23.0 Å². The fourth-order valence-electron chi connectivity index (χ4n) is 3.10.